The van der Waals surface area contributed by atoms with Gasteiger partial charge in [0.1, 0.15) is 0 Å². The number of nitrogens with zero attached hydrogens (tertiary/aromatic N) is 1. The minimum atomic E-state index is -0.784. The van der Waals surface area contributed by atoms with E-state index in [0.717, 1.165) is 11.3 Å². The predicted octanol–water partition coefficient (Wildman–Crippen LogP) is 1.97. The fraction of sp³-hybridized carbons (Fsp3) is 0.400. The Kier molecular flexibility index (Phi) is 3.01. The highest BCUT2D eigenvalue weighted by Gasteiger charge is 2.17. The van der Waals surface area contributed by atoms with Gasteiger partial charge in [-0.3, -0.25) is 9.78 Å². The minimum absolute atomic E-state index is 0.423. The van der Waals surface area contributed by atoms with Crippen LogP contribution in [0.25, 0.3) is 0 Å². The molecule has 1 aromatic rings. The Hall–Kier alpha value is -1.38. The number of carboxylic acid groups (broad SMARTS) is 1. The summed E-state index contributed by atoms with van der Waals surface area (Å²) in [5.74, 6) is -1.21. The Morgan fingerprint density at radius 3 is 2.69 bits per heavy atom. The van der Waals surface area contributed by atoms with Gasteiger partial charge in [0.15, 0.2) is 0 Å². The lowest BCUT2D eigenvalue weighted by atomic mass is 9.98. The van der Waals surface area contributed by atoms with E-state index in [1.165, 1.54) is 0 Å². The fourth-order valence-electron chi connectivity index (χ4n) is 1.24. The number of carboxylic acids is 1. The number of aromatic nitrogens is 1. The number of aryl methyl sites for hydroxylation is 1. The fourth-order valence-corrected chi connectivity index (χ4v) is 1.24. The van der Waals surface area contributed by atoms with Gasteiger partial charge >= 0.3 is 5.97 Å². The molecule has 0 saturated carbocycles. The smallest absolute Gasteiger partial charge is 0.311 e. The van der Waals surface area contributed by atoms with Crippen LogP contribution in [0.2, 0.25) is 0 Å². The molecule has 0 aliphatic rings. The summed E-state index contributed by atoms with van der Waals surface area (Å²) in [6.45, 7) is 3.74. The molecule has 0 fully saturated rings. The summed E-state index contributed by atoms with van der Waals surface area (Å²) in [6, 6.07) is 3.66. The normalized spacial score (nSPS) is 12.5. The molecule has 0 radical (unpaired) electrons. The molecule has 13 heavy (non-hydrogen) atoms. The molecule has 1 unspecified atom stereocenters. The van der Waals surface area contributed by atoms with Crippen LogP contribution in [-0.2, 0) is 4.79 Å². The Bertz CT molecular complexity index is 292. The number of pyridine rings is 1. The van der Waals surface area contributed by atoms with Gasteiger partial charge in [-0.1, -0.05) is 13.0 Å². The Morgan fingerprint density at radius 2 is 2.31 bits per heavy atom. The highest BCUT2D eigenvalue weighted by atomic mass is 16.4. The van der Waals surface area contributed by atoms with Crippen molar-refractivity contribution in [3.05, 3.63) is 29.6 Å². The van der Waals surface area contributed by atoms with Crippen molar-refractivity contribution in [1.82, 2.24) is 4.98 Å². The molecule has 0 aliphatic carbocycles. The molecule has 3 heteroatoms. The molecule has 1 heterocycles. The van der Waals surface area contributed by atoms with Crippen LogP contribution in [0.1, 0.15) is 30.5 Å². The average molecular weight is 179 g/mol. The van der Waals surface area contributed by atoms with Crippen molar-refractivity contribution in [3.63, 3.8) is 0 Å². The lowest BCUT2D eigenvalue weighted by molar-refractivity contribution is -0.138. The number of hydrogen-bond donors (Lipinski definition) is 1. The first kappa shape index (κ1) is 9.71. The SMILES string of the molecule is CCC(C(=O)O)c1ccc(C)nc1. The highest BCUT2D eigenvalue weighted by Crippen LogP contribution is 2.18. The van der Waals surface area contributed by atoms with Crippen LogP contribution in [0.4, 0.5) is 0 Å². The van der Waals surface area contributed by atoms with E-state index < -0.39 is 11.9 Å². The first-order valence-corrected chi connectivity index (χ1v) is 4.30. The van der Waals surface area contributed by atoms with Crippen LogP contribution in [0, 0.1) is 6.92 Å². The third kappa shape index (κ3) is 2.28. The van der Waals surface area contributed by atoms with Crippen molar-refractivity contribution >= 4 is 5.97 Å². The van der Waals surface area contributed by atoms with Crippen molar-refractivity contribution in [2.75, 3.05) is 0 Å². The van der Waals surface area contributed by atoms with Crippen LogP contribution in [0.3, 0.4) is 0 Å². The number of rotatable bonds is 3. The van der Waals surface area contributed by atoms with Crippen molar-refractivity contribution < 1.29 is 9.90 Å². The second-order valence-electron chi connectivity index (χ2n) is 3.03. The summed E-state index contributed by atoms with van der Waals surface area (Å²) in [4.78, 5) is 14.9. The van der Waals surface area contributed by atoms with E-state index in [0.29, 0.717) is 6.42 Å². The minimum Gasteiger partial charge on any atom is -0.481 e. The van der Waals surface area contributed by atoms with Crippen molar-refractivity contribution in [1.29, 1.82) is 0 Å². The maximum Gasteiger partial charge on any atom is 0.311 e. The summed E-state index contributed by atoms with van der Waals surface area (Å²) < 4.78 is 0. The summed E-state index contributed by atoms with van der Waals surface area (Å²) in [5.41, 5.74) is 1.68. The molecule has 1 rings (SSSR count). The van der Waals surface area contributed by atoms with Gasteiger partial charge in [-0.05, 0) is 25.0 Å². The highest BCUT2D eigenvalue weighted by molar-refractivity contribution is 5.75. The van der Waals surface area contributed by atoms with E-state index in [2.05, 4.69) is 4.98 Å². The Labute approximate surface area is 77.4 Å². The van der Waals surface area contributed by atoms with Gasteiger partial charge in [-0.2, -0.15) is 0 Å². The van der Waals surface area contributed by atoms with E-state index in [-0.39, 0.29) is 0 Å². The lowest BCUT2D eigenvalue weighted by Crippen LogP contribution is -2.10. The van der Waals surface area contributed by atoms with E-state index in [1.54, 1.807) is 6.20 Å². The molecule has 70 valence electrons. The quantitative estimate of drug-likeness (QED) is 0.771. The molecule has 0 aromatic carbocycles. The summed E-state index contributed by atoms with van der Waals surface area (Å²) in [6.07, 6.45) is 2.23. The predicted molar refractivity (Wildman–Crippen MR) is 49.6 cm³/mol. The first-order chi connectivity index (χ1) is 6.15. The van der Waals surface area contributed by atoms with Crippen molar-refractivity contribution in [2.24, 2.45) is 0 Å². The van der Waals surface area contributed by atoms with Gasteiger partial charge in [0, 0.05) is 11.9 Å². The summed E-state index contributed by atoms with van der Waals surface area (Å²) in [7, 11) is 0. The molecule has 0 spiro atoms. The molecule has 1 N–H and O–H groups in total. The maximum absolute atomic E-state index is 10.8. The molecule has 0 bridgehead atoms. The molecule has 1 atom stereocenters. The molecule has 0 saturated heterocycles. The zero-order valence-corrected chi connectivity index (χ0v) is 7.82. The molecular weight excluding hydrogens is 166 g/mol. The average Bonchev–Trinajstić information content (AvgIpc) is 2.09. The van der Waals surface area contributed by atoms with Gasteiger partial charge in [-0.25, -0.2) is 0 Å². The van der Waals surface area contributed by atoms with Crippen LogP contribution >= 0.6 is 0 Å². The maximum atomic E-state index is 10.8. The van der Waals surface area contributed by atoms with Crippen LogP contribution in [0.15, 0.2) is 18.3 Å². The zero-order valence-electron chi connectivity index (χ0n) is 7.82. The monoisotopic (exact) mass is 179 g/mol. The summed E-state index contributed by atoms with van der Waals surface area (Å²) in [5, 5.41) is 8.87. The Balaban J connectivity index is 2.92. The largest absolute Gasteiger partial charge is 0.481 e. The van der Waals surface area contributed by atoms with Gasteiger partial charge < -0.3 is 5.11 Å². The number of hydrogen-bond acceptors (Lipinski definition) is 2. The van der Waals surface area contributed by atoms with Crippen molar-refractivity contribution in [2.45, 2.75) is 26.2 Å². The first-order valence-electron chi connectivity index (χ1n) is 4.30. The van der Waals surface area contributed by atoms with Crippen LogP contribution in [-0.4, -0.2) is 16.1 Å². The lowest BCUT2D eigenvalue weighted by Gasteiger charge is -2.08. The molecular formula is C10H13NO2. The van der Waals surface area contributed by atoms with Gasteiger partial charge in [0.25, 0.3) is 0 Å². The molecule has 3 nitrogen and oxygen atoms in total. The number of carbonyl (C=O) groups is 1. The van der Waals surface area contributed by atoms with Crippen LogP contribution in [0.5, 0.6) is 0 Å². The van der Waals surface area contributed by atoms with E-state index >= 15 is 0 Å². The third-order valence-electron chi connectivity index (χ3n) is 2.04. The van der Waals surface area contributed by atoms with Crippen LogP contribution < -0.4 is 0 Å². The van der Waals surface area contributed by atoms with Gasteiger partial charge in [0.05, 0.1) is 5.92 Å². The topological polar surface area (TPSA) is 50.2 Å². The zero-order chi connectivity index (χ0) is 9.84. The van der Waals surface area contributed by atoms with E-state index in [1.807, 2.05) is 26.0 Å². The Morgan fingerprint density at radius 1 is 1.62 bits per heavy atom. The molecule has 0 amide bonds. The number of aliphatic carboxylic acids is 1. The molecule has 0 aliphatic heterocycles. The van der Waals surface area contributed by atoms with E-state index in [9.17, 15) is 4.79 Å². The van der Waals surface area contributed by atoms with Gasteiger partial charge in [-0.15, -0.1) is 0 Å². The molecule has 1 aromatic heterocycles. The van der Waals surface area contributed by atoms with E-state index in [4.69, 9.17) is 5.11 Å². The standard InChI is InChI=1S/C10H13NO2/c1-3-9(10(12)13)8-5-4-7(2)11-6-8/h4-6,9H,3H2,1-2H3,(H,12,13). The summed E-state index contributed by atoms with van der Waals surface area (Å²) >= 11 is 0. The second kappa shape index (κ2) is 4.03. The van der Waals surface area contributed by atoms with Gasteiger partial charge in [0.2, 0.25) is 0 Å². The third-order valence-corrected chi connectivity index (χ3v) is 2.04. The van der Waals surface area contributed by atoms with Crippen molar-refractivity contribution in [3.8, 4) is 0 Å². The second-order valence-corrected chi connectivity index (χ2v) is 3.03.